The second-order valence-electron chi connectivity index (χ2n) is 7.08. The highest BCUT2D eigenvalue weighted by Gasteiger charge is 2.10. The van der Waals surface area contributed by atoms with Crippen LogP contribution in [0.3, 0.4) is 0 Å². The lowest BCUT2D eigenvalue weighted by Gasteiger charge is -2.04. The number of halogens is 1. The van der Waals surface area contributed by atoms with Crippen LogP contribution in [0, 0.1) is 5.82 Å². The summed E-state index contributed by atoms with van der Waals surface area (Å²) in [4.78, 5) is 24.3. The van der Waals surface area contributed by atoms with Gasteiger partial charge in [0.15, 0.2) is 5.82 Å². The van der Waals surface area contributed by atoms with Crippen molar-refractivity contribution in [2.75, 3.05) is 5.32 Å². The Kier molecular flexibility index (Phi) is 5.83. The highest BCUT2D eigenvalue weighted by molar-refractivity contribution is 5.93. The van der Waals surface area contributed by atoms with Gasteiger partial charge in [-0.05, 0) is 55.3 Å². The topological polar surface area (TPSA) is 96.7 Å². The average molecular weight is 407 g/mol. The number of rotatable bonds is 8. The molecule has 30 heavy (non-hydrogen) atoms. The van der Waals surface area contributed by atoms with E-state index in [-0.39, 0.29) is 11.7 Å². The number of carbonyl (C=O) groups excluding carboxylic acids is 1. The summed E-state index contributed by atoms with van der Waals surface area (Å²) in [7, 11) is 0. The minimum absolute atomic E-state index is 0.0825. The number of benzene rings is 2. The number of amides is 1. The van der Waals surface area contributed by atoms with Crippen molar-refractivity contribution >= 4 is 22.6 Å². The molecule has 7 nitrogen and oxygen atoms in total. The van der Waals surface area contributed by atoms with Gasteiger partial charge in [-0.2, -0.15) is 4.98 Å². The zero-order valence-corrected chi connectivity index (χ0v) is 16.6. The molecule has 0 radical (unpaired) electrons. The standard InChI is InChI=1S/C22H22FN5O2/c1-2-4-19-27-21(30-28-19)6-3-5-20(29)24-16-11-12-17-18(13-16)26-22(25-17)14-7-9-15(23)10-8-14/h7-13H,2-6H2,1H3,(H,24,29)(H,25,26). The number of aromatic amines is 1. The fraction of sp³-hybridized carbons (Fsp3) is 0.273. The number of aromatic nitrogens is 4. The molecule has 0 aliphatic heterocycles. The smallest absolute Gasteiger partial charge is 0.226 e. The van der Waals surface area contributed by atoms with Crippen LogP contribution in [0.4, 0.5) is 10.1 Å². The third-order valence-electron chi connectivity index (χ3n) is 4.66. The van der Waals surface area contributed by atoms with Crippen LogP contribution in [0.15, 0.2) is 47.0 Å². The Labute approximate surface area is 172 Å². The molecule has 2 aromatic heterocycles. The number of nitrogens with one attached hydrogen (secondary N) is 2. The van der Waals surface area contributed by atoms with Crippen LogP contribution >= 0.6 is 0 Å². The summed E-state index contributed by atoms with van der Waals surface area (Å²) >= 11 is 0. The molecule has 0 saturated heterocycles. The molecule has 0 atom stereocenters. The maximum absolute atomic E-state index is 13.1. The van der Waals surface area contributed by atoms with Crippen LogP contribution in [0.2, 0.25) is 0 Å². The third-order valence-corrected chi connectivity index (χ3v) is 4.66. The van der Waals surface area contributed by atoms with E-state index in [9.17, 15) is 9.18 Å². The van der Waals surface area contributed by atoms with Gasteiger partial charge in [-0.25, -0.2) is 9.37 Å². The normalized spacial score (nSPS) is 11.1. The summed E-state index contributed by atoms with van der Waals surface area (Å²) in [5.74, 6) is 1.56. The second kappa shape index (κ2) is 8.86. The molecule has 0 spiro atoms. The number of nitrogens with zero attached hydrogens (tertiary/aromatic N) is 3. The molecule has 1 amide bonds. The highest BCUT2D eigenvalue weighted by atomic mass is 19.1. The quantitative estimate of drug-likeness (QED) is 0.443. The Hall–Kier alpha value is -3.55. The first-order chi connectivity index (χ1) is 14.6. The van der Waals surface area contributed by atoms with Crippen molar-refractivity contribution in [2.45, 2.75) is 39.0 Å². The molecular weight excluding hydrogens is 385 g/mol. The fourth-order valence-electron chi connectivity index (χ4n) is 3.17. The number of aryl methyl sites for hydroxylation is 2. The maximum atomic E-state index is 13.1. The molecule has 0 aliphatic carbocycles. The number of anilines is 1. The average Bonchev–Trinajstić information content (AvgIpc) is 3.35. The van der Waals surface area contributed by atoms with E-state index in [1.54, 1.807) is 12.1 Å². The number of hydrogen-bond acceptors (Lipinski definition) is 5. The number of imidazole rings is 1. The lowest BCUT2D eigenvalue weighted by Crippen LogP contribution is -2.11. The van der Waals surface area contributed by atoms with E-state index in [2.05, 4.69) is 32.3 Å². The van der Waals surface area contributed by atoms with Gasteiger partial charge in [0.25, 0.3) is 0 Å². The monoisotopic (exact) mass is 407 g/mol. The van der Waals surface area contributed by atoms with E-state index in [1.165, 1.54) is 12.1 Å². The van der Waals surface area contributed by atoms with Crippen molar-refractivity contribution in [2.24, 2.45) is 0 Å². The van der Waals surface area contributed by atoms with Crippen LogP contribution in [-0.4, -0.2) is 26.0 Å². The van der Waals surface area contributed by atoms with E-state index in [4.69, 9.17) is 4.52 Å². The molecule has 4 aromatic rings. The first-order valence-corrected chi connectivity index (χ1v) is 9.98. The summed E-state index contributed by atoms with van der Waals surface area (Å²) in [5, 5.41) is 6.81. The molecular formula is C22H22FN5O2. The zero-order valence-electron chi connectivity index (χ0n) is 16.6. The van der Waals surface area contributed by atoms with Crippen molar-refractivity contribution in [3.05, 3.63) is 60.0 Å². The second-order valence-corrected chi connectivity index (χ2v) is 7.08. The van der Waals surface area contributed by atoms with Gasteiger partial charge in [0, 0.05) is 30.5 Å². The molecule has 0 aliphatic rings. The summed E-state index contributed by atoms with van der Waals surface area (Å²) < 4.78 is 18.3. The van der Waals surface area contributed by atoms with Gasteiger partial charge in [-0.3, -0.25) is 4.79 Å². The van der Waals surface area contributed by atoms with Gasteiger partial charge >= 0.3 is 0 Å². The number of H-pyrrole nitrogens is 1. The van der Waals surface area contributed by atoms with E-state index < -0.39 is 0 Å². The van der Waals surface area contributed by atoms with Crippen molar-refractivity contribution in [1.29, 1.82) is 0 Å². The van der Waals surface area contributed by atoms with Gasteiger partial charge in [0.05, 0.1) is 11.0 Å². The first kappa shape index (κ1) is 19.8. The zero-order chi connectivity index (χ0) is 20.9. The van der Waals surface area contributed by atoms with Crippen molar-refractivity contribution in [3.63, 3.8) is 0 Å². The third kappa shape index (κ3) is 4.71. The minimum atomic E-state index is -0.291. The lowest BCUT2D eigenvalue weighted by atomic mass is 10.2. The van der Waals surface area contributed by atoms with Gasteiger partial charge in [0.2, 0.25) is 11.8 Å². The van der Waals surface area contributed by atoms with E-state index in [1.807, 2.05) is 18.2 Å². The highest BCUT2D eigenvalue weighted by Crippen LogP contribution is 2.23. The van der Waals surface area contributed by atoms with Crippen LogP contribution in [-0.2, 0) is 17.6 Å². The van der Waals surface area contributed by atoms with E-state index in [0.29, 0.717) is 42.5 Å². The summed E-state index contributed by atoms with van der Waals surface area (Å²) in [5.41, 5.74) is 3.04. The molecule has 0 unspecified atom stereocenters. The van der Waals surface area contributed by atoms with Crippen molar-refractivity contribution in [1.82, 2.24) is 20.1 Å². The summed E-state index contributed by atoms with van der Waals surface area (Å²) in [6.45, 7) is 2.06. The predicted molar refractivity (Wildman–Crippen MR) is 111 cm³/mol. The van der Waals surface area contributed by atoms with E-state index >= 15 is 0 Å². The Bertz CT molecular complexity index is 1150. The van der Waals surface area contributed by atoms with Gasteiger partial charge < -0.3 is 14.8 Å². The molecule has 0 saturated carbocycles. The predicted octanol–water partition coefficient (Wildman–Crippen LogP) is 4.67. The number of fused-ring (bicyclic) bond motifs is 1. The Morgan fingerprint density at radius 2 is 1.97 bits per heavy atom. The summed E-state index contributed by atoms with van der Waals surface area (Å²) in [6.07, 6.45) is 3.31. The number of carbonyl (C=O) groups is 1. The number of hydrogen-bond donors (Lipinski definition) is 2. The summed E-state index contributed by atoms with van der Waals surface area (Å²) in [6, 6.07) is 11.6. The van der Waals surface area contributed by atoms with Crippen LogP contribution < -0.4 is 5.32 Å². The Morgan fingerprint density at radius 1 is 1.13 bits per heavy atom. The van der Waals surface area contributed by atoms with Crippen LogP contribution in [0.25, 0.3) is 22.4 Å². The van der Waals surface area contributed by atoms with Crippen molar-refractivity contribution in [3.8, 4) is 11.4 Å². The molecule has 0 fully saturated rings. The van der Waals surface area contributed by atoms with Gasteiger partial charge in [-0.15, -0.1) is 0 Å². The van der Waals surface area contributed by atoms with Crippen LogP contribution in [0.1, 0.15) is 37.9 Å². The molecule has 2 N–H and O–H groups in total. The van der Waals surface area contributed by atoms with E-state index in [0.717, 1.165) is 29.4 Å². The maximum Gasteiger partial charge on any atom is 0.226 e. The van der Waals surface area contributed by atoms with Crippen molar-refractivity contribution < 1.29 is 13.7 Å². The Balaban J connectivity index is 1.34. The van der Waals surface area contributed by atoms with Gasteiger partial charge in [-0.1, -0.05) is 12.1 Å². The fourth-order valence-corrected chi connectivity index (χ4v) is 3.17. The molecule has 2 heterocycles. The molecule has 4 rings (SSSR count). The van der Waals surface area contributed by atoms with Crippen LogP contribution in [0.5, 0.6) is 0 Å². The minimum Gasteiger partial charge on any atom is -0.339 e. The molecule has 8 heteroatoms. The Morgan fingerprint density at radius 3 is 2.77 bits per heavy atom. The first-order valence-electron chi connectivity index (χ1n) is 9.98. The molecule has 2 aromatic carbocycles. The molecule has 0 bridgehead atoms. The largest absolute Gasteiger partial charge is 0.339 e. The van der Waals surface area contributed by atoms with Gasteiger partial charge in [0.1, 0.15) is 11.6 Å². The molecule has 154 valence electrons. The lowest BCUT2D eigenvalue weighted by molar-refractivity contribution is -0.116. The SMILES string of the molecule is CCCc1noc(CCCC(=O)Nc2ccc3nc(-c4ccc(F)cc4)[nH]c3c2)n1.